The second-order valence-electron chi connectivity index (χ2n) is 6.22. The number of primary amides is 2. The van der Waals surface area contributed by atoms with E-state index in [2.05, 4.69) is 0 Å². The average Bonchev–Trinajstić information content (AvgIpc) is 3.18. The summed E-state index contributed by atoms with van der Waals surface area (Å²) in [4.78, 5) is 22.4. The highest BCUT2D eigenvalue weighted by Crippen LogP contribution is 2.51. The summed E-state index contributed by atoms with van der Waals surface area (Å²) in [6.07, 6.45) is 3.14. The van der Waals surface area contributed by atoms with Crippen molar-refractivity contribution < 1.29 is 14.1 Å². The molecule has 0 aromatic heterocycles. The number of carbonyl (C=O) groups is 2. The number of carbonyl (C=O) groups excluding carboxylic acids is 2. The molecule has 0 radical (unpaired) electrons. The molecular weight excluding hydrogens is 254 g/mol. The molecule has 1 aliphatic rings. The highest BCUT2D eigenvalue weighted by Gasteiger charge is 2.45. The first-order valence-electron chi connectivity index (χ1n) is 6.80. The third-order valence-electron chi connectivity index (χ3n) is 4.38. The molecule has 5 nitrogen and oxygen atoms in total. The van der Waals surface area contributed by atoms with Gasteiger partial charge in [-0.15, -0.1) is 0 Å². The molecule has 5 heteroatoms. The van der Waals surface area contributed by atoms with Crippen molar-refractivity contribution in [2.24, 2.45) is 11.5 Å². The van der Waals surface area contributed by atoms with Crippen molar-refractivity contribution in [1.29, 1.82) is 0 Å². The predicted molar refractivity (Wildman–Crippen MR) is 77.0 cm³/mol. The van der Waals surface area contributed by atoms with Gasteiger partial charge in [0.2, 0.25) is 5.91 Å². The van der Waals surface area contributed by atoms with Gasteiger partial charge in [-0.3, -0.25) is 4.79 Å². The third kappa shape index (κ3) is 2.82. The van der Waals surface area contributed by atoms with Gasteiger partial charge in [0.15, 0.2) is 0 Å². The van der Waals surface area contributed by atoms with E-state index in [-0.39, 0.29) is 15.9 Å². The van der Waals surface area contributed by atoms with E-state index in [4.69, 9.17) is 11.5 Å². The number of rotatable bonds is 5. The largest absolute Gasteiger partial charge is 0.413 e. The topological polar surface area (TPSA) is 86.2 Å². The van der Waals surface area contributed by atoms with E-state index < -0.39 is 5.91 Å². The minimum Gasteiger partial charge on any atom is -0.366 e. The fourth-order valence-corrected chi connectivity index (χ4v) is 2.43. The third-order valence-corrected chi connectivity index (χ3v) is 4.38. The van der Waals surface area contributed by atoms with Crippen LogP contribution in [0.1, 0.15) is 35.2 Å². The summed E-state index contributed by atoms with van der Waals surface area (Å²) >= 11 is 0. The maximum atomic E-state index is 11.4. The summed E-state index contributed by atoms with van der Waals surface area (Å²) < 4.78 is 0.196. The second-order valence-corrected chi connectivity index (χ2v) is 6.22. The fourth-order valence-electron chi connectivity index (χ4n) is 2.43. The Labute approximate surface area is 119 Å². The lowest BCUT2D eigenvalue weighted by atomic mass is 9.91. The maximum Gasteiger partial charge on any atom is 0.413 e. The maximum absolute atomic E-state index is 11.4. The molecule has 1 aromatic carbocycles. The van der Waals surface area contributed by atoms with Crippen molar-refractivity contribution >= 4 is 11.9 Å². The number of nitrogens with zero attached hydrogens (tertiary/aromatic N) is 1. The van der Waals surface area contributed by atoms with E-state index in [0.717, 1.165) is 19.3 Å². The molecule has 3 amide bonds. The van der Waals surface area contributed by atoms with Crippen LogP contribution in [0.25, 0.3) is 0 Å². The Morgan fingerprint density at radius 2 is 1.70 bits per heavy atom. The van der Waals surface area contributed by atoms with Crippen LogP contribution in [0.4, 0.5) is 4.79 Å². The number of hydrogen-bond acceptors (Lipinski definition) is 2. The van der Waals surface area contributed by atoms with Crippen molar-refractivity contribution in [3.05, 3.63) is 35.4 Å². The van der Waals surface area contributed by atoms with Gasteiger partial charge in [0, 0.05) is 17.4 Å². The fraction of sp³-hybridized carbons (Fsp3) is 0.467. The van der Waals surface area contributed by atoms with Crippen molar-refractivity contribution in [2.45, 2.75) is 24.7 Å². The molecule has 1 aromatic rings. The molecule has 2 rings (SSSR count). The summed E-state index contributed by atoms with van der Waals surface area (Å²) in [5.74, 6) is -0.409. The summed E-state index contributed by atoms with van der Waals surface area (Å²) in [6.45, 7) is 0.715. The molecule has 0 aliphatic heterocycles. The zero-order valence-corrected chi connectivity index (χ0v) is 12.1. The molecule has 0 atom stereocenters. The van der Waals surface area contributed by atoms with E-state index in [1.54, 1.807) is 12.1 Å². The van der Waals surface area contributed by atoms with Gasteiger partial charge in [-0.1, -0.05) is 12.1 Å². The molecule has 1 fully saturated rings. The highest BCUT2D eigenvalue weighted by atomic mass is 16.2. The smallest absolute Gasteiger partial charge is 0.366 e. The van der Waals surface area contributed by atoms with Crippen molar-refractivity contribution in [3.63, 3.8) is 0 Å². The Balaban J connectivity index is 2.08. The number of quaternary nitrogens is 1. The van der Waals surface area contributed by atoms with Crippen LogP contribution < -0.4 is 11.5 Å². The minimum atomic E-state index is -0.409. The quantitative estimate of drug-likeness (QED) is 0.796. The number of amides is 3. The highest BCUT2D eigenvalue weighted by molar-refractivity contribution is 5.92. The van der Waals surface area contributed by atoms with Crippen LogP contribution in [-0.2, 0) is 5.41 Å². The second kappa shape index (κ2) is 4.90. The molecule has 0 heterocycles. The Bertz CT molecular complexity index is 531. The zero-order valence-electron chi connectivity index (χ0n) is 12.1. The average molecular weight is 276 g/mol. The predicted octanol–water partition coefficient (Wildman–Crippen LogP) is 1.36. The van der Waals surface area contributed by atoms with Gasteiger partial charge in [0.25, 0.3) is 0 Å². The SMILES string of the molecule is C[N+](C)(CCC1(c2ccc(C(N)=O)cc2)CC1)C(N)=O. The molecular formula is C15H22N3O2+. The lowest BCUT2D eigenvalue weighted by Gasteiger charge is -2.27. The molecule has 4 N–H and O–H groups in total. The molecule has 0 bridgehead atoms. The number of hydrogen-bond donors (Lipinski definition) is 2. The molecule has 1 aliphatic carbocycles. The summed E-state index contributed by atoms with van der Waals surface area (Å²) in [6, 6.07) is 7.16. The summed E-state index contributed by atoms with van der Waals surface area (Å²) in [5.41, 5.74) is 12.5. The first-order chi connectivity index (χ1) is 9.27. The van der Waals surface area contributed by atoms with E-state index >= 15 is 0 Å². The number of nitrogens with two attached hydrogens (primary N) is 2. The van der Waals surface area contributed by atoms with Crippen molar-refractivity contribution in [3.8, 4) is 0 Å². The lowest BCUT2D eigenvalue weighted by molar-refractivity contribution is -0.808. The van der Waals surface area contributed by atoms with Crippen molar-refractivity contribution in [2.75, 3.05) is 20.6 Å². The Morgan fingerprint density at radius 3 is 2.10 bits per heavy atom. The van der Waals surface area contributed by atoms with Gasteiger partial charge < -0.3 is 11.5 Å². The molecule has 1 saturated carbocycles. The van der Waals surface area contributed by atoms with Gasteiger partial charge in [0.05, 0.1) is 20.6 Å². The number of benzene rings is 1. The molecule has 108 valence electrons. The lowest BCUT2D eigenvalue weighted by Crippen LogP contribution is -2.50. The van der Waals surface area contributed by atoms with E-state index in [1.807, 2.05) is 26.2 Å². The Hall–Kier alpha value is -1.88. The Morgan fingerprint density at radius 1 is 1.15 bits per heavy atom. The van der Waals surface area contributed by atoms with Crippen LogP contribution in [0.2, 0.25) is 0 Å². The van der Waals surface area contributed by atoms with E-state index in [9.17, 15) is 9.59 Å². The first-order valence-corrected chi connectivity index (χ1v) is 6.80. The van der Waals surface area contributed by atoms with Crippen LogP contribution in [0.3, 0.4) is 0 Å². The monoisotopic (exact) mass is 276 g/mol. The van der Waals surface area contributed by atoms with Crippen molar-refractivity contribution in [1.82, 2.24) is 0 Å². The standard InChI is InChI=1S/C15H21N3O2/c1-18(2,14(17)20)10-9-15(7-8-15)12-5-3-11(4-6-12)13(16)19/h3-6H,7-10H2,1-2H3,(H3-,16,17,19,20)/p+1. The minimum absolute atomic E-state index is 0.140. The van der Waals surface area contributed by atoms with Gasteiger partial charge in [-0.2, -0.15) is 0 Å². The zero-order chi connectivity index (χ0) is 15.0. The molecule has 20 heavy (non-hydrogen) atoms. The molecule has 0 spiro atoms. The van der Waals surface area contributed by atoms with E-state index in [1.165, 1.54) is 5.56 Å². The van der Waals surface area contributed by atoms with Crippen LogP contribution in [0.5, 0.6) is 0 Å². The van der Waals surface area contributed by atoms with Crippen LogP contribution >= 0.6 is 0 Å². The van der Waals surface area contributed by atoms with Crippen LogP contribution in [0.15, 0.2) is 24.3 Å². The number of urea groups is 1. The van der Waals surface area contributed by atoms with Crippen LogP contribution in [0, 0.1) is 0 Å². The van der Waals surface area contributed by atoms with E-state index in [0.29, 0.717) is 12.1 Å². The van der Waals surface area contributed by atoms with Gasteiger partial charge in [0.1, 0.15) is 0 Å². The van der Waals surface area contributed by atoms with Gasteiger partial charge >= 0.3 is 6.03 Å². The van der Waals surface area contributed by atoms with Gasteiger partial charge in [-0.05, 0) is 30.5 Å². The molecule has 0 saturated heterocycles. The normalized spacial score (nSPS) is 16.7. The first kappa shape index (κ1) is 14.5. The summed E-state index contributed by atoms with van der Waals surface area (Å²) in [7, 11) is 3.66. The molecule has 0 unspecified atom stereocenters. The summed E-state index contributed by atoms with van der Waals surface area (Å²) in [5, 5.41) is 0. The van der Waals surface area contributed by atoms with Crippen LogP contribution in [-0.4, -0.2) is 37.1 Å². The van der Waals surface area contributed by atoms with Gasteiger partial charge in [-0.25, -0.2) is 9.28 Å². The Kier molecular flexibility index (Phi) is 3.56.